The number of hydrogen-bond donors (Lipinski definition) is 1. The van der Waals surface area contributed by atoms with E-state index < -0.39 is 0 Å². The molecule has 0 radical (unpaired) electrons. The summed E-state index contributed by atoms with van der Waals surface area (Å²) < 4.78 is 0. The molecule has 1 aromatic carbocycles. The molecule has 1 aromatic heterocycles. The third kappa shape index (κ3) is 2.56. The van der Waals surface area contributed by atoms with E-state index in [0.29, 0.717) is 10.6 Å². The van der Waals surface area contributed by atoms with Gasteiger partial charge in [0.2, 0.25) is 0 Å². The Hall–Kier alpha value is -1.81. The third-order valence-corrected chi connectivity index (χ3v) is 4.45. The minimum atomic E-state index is -0.0333. The zero-order valence-electron chi connectivity index (χ0n) is 12.4. The zero-order valence-corrected chi connectivity index (χ0v) is 13.2. The van der Waals surface area contributed by atoms with Crippen LogP contribution in [0.2, 0.25) is 0 Å². The average Bonchev–Trinajstić information content (AvgIpc) is 2.75. The largest absolute Gasteiger partial charge is 0.390 e. The SMILES string of the molecule is CCc1sc(N)c(C(=O)N(C)C)c1-c1ccc(C)cc1. The first kappa shape index (κ1) is 14.6. The van der Waals surface area contributed by atoms with Crippen LogP contribution >= 0.6 is 11.3 Å². The first-order valence-corrected chi connectivity index (χ1v) is 7.47. The van der Waals surface area contributed by atoms with Crippen LogP contribution in [0.5, 0.6) is 0 Å². The Morgan fingerprint density at radius 2 is 1.85 bits per heavy atom. The number of rotatable bonds is 3. The van der Waals surface area contributed by atoms with Crippen molar-refractivity contribution in [1.82, 2.24) is 4.90 Å². The molecule has 106 valence electrons. The lowest BCUT2D eigenvalue weighted by Gasteiger charge is -2.13. The highest BCUT2D eigenvalue weighted by Gasteiger charge is 2.23. The van der Waals surface area contributed by atoms with Crippen molar-refractivity contribution < 1.29 is 4.79 Å². The molecule has 0 aliphatic carbocycles. The van der Waals surface area contributed by atoms with Crippen LogP contribution in [-0.2, 0) is 6.42 Å². The van der Waals surface area contributed by atoms with Crippen molar-refractivity contribution in [3.63, 3.8) is 0 Å². The van der Waals surface area contributed by atoms with E-state index in [-0.39, 0.29) is 5.91 Å². The Kier molecular flexibility index (Phi) is 4.14. The number of nitrogens with two attached hydrogens (primary N) is 1. The maximum Gasteiger partial charge on any atom is 0.256 e. The maximum absolute atomic E-state index is 12.4. The number of aryl methyl sites for hydroxylation is 2. The number of nitrogens with zero attached hydrogens (tertiary/aromatic N) is 1. The van der Waals surface area contributed by atoms with Crippen molar-refractivity contribution in [3.8, 4) is 11.1 Å². The molecular formula is C16H20N2OS. The van der Waals surface area contributed by atoms with E-state index in [2.05, 4.69) is 38.1 Å². The summed E-state index contributed by atoms with van der Waals surface area (Å²) >= 11 is 1.52. The molecule has 0 saturated carbocycles. The molecule has 0 aliphatic heterocycles. The lowest BCUT2D eigenvalue weighted by molar-refractivity contribution is 0.0829. The van der Waals surface area contributed by atoms with Gasteiger partial charge in [0, 0.05) is 24.5 Å². The molecule has 0 saturated heterocycles. The molecule has 0 bridgehead atoms. The Morgan fingerprint density at radius 3 is 2.35 bits per heavy atom. The maximum atomic E-state index is 12.4. The Labute approximate surface area is 124 Å². The molecule has 0 spiro atoms. The molecule has 2 aromatic rings. The summed E-state index contributed by atoms with van der Waals surface area (Å²) in [6.45, 7) is 4.14. The van der Waals surface area contributed by atoms with Gasteiger partial charge in [-0.05, 0) is 18.9 Å². The van der Waals surface area contributed by atoms with Crippen molar-refractivity contribution in [2.24, 2.45) is 0 Å². The number of nitrogen functional groups attached to an aromatic ring is 1. The second-order valence-corrected chi connectivity index (χ2v) is 6.20. The van der Waals surface area contributed by atoms with Gasteiger partial charge in [-0.15, -0.1) is 11.3 Å². The molecule has 0 atom stereocenters. The molecule has 2 N–H and O–H groups in total. The number of amides is 1. The number of hydrogen-bond acceptors (Lipinski definition) is 3. The van der Waals surface area contributed by atoms with Crippen LogP contribution in [0.15, 0.2) is 24.3 Å². The normalized spacial score (nSPS) is 10.6. The molecular weight excluding hydrogens is 268 g/mol. The summed E-state index contributed by atoms with van der Waals surface area (Å²) in [5.74, 6) is -0.0333. The van der Waals surface area contributed by atoms with Crippen molar-refractivity contribution in [3.05, 3.63) is 40.3 Å². The molecule has 2 rings (SSSR count). The predicted molar refractivity (Wildman–Crippen MR) is 86.3 cm³/mol. The van der Waals surface area contributed by atoms with Gasteiger partial charge >= 0.3 is 0 Å². The van der Waals surface area contributed by atoms with Gasteiger partial charge in [0.05, 0.1) is 10.6 Å². The molecule has 0 fully saturated rings. The van der Waals surface area contributed by atoms with E-state index >= 15 is 0 Å². The van der Waals surface area contributed by atoms with Gasteiger partial charge in [0.15, 0.2) is 0 Å². The van der Waals surface area contributed by atoms with Crippen LogP contribution < -0.4 is 5.73 Å². The van der Waals surface area contributed by atoms with Crippen LogP contribution in [0.4, 0.5) is 5.00 Å². The first-order chi connectivity index (χ1) is 9.45. The summed E-state index contributed by atoms with van der Waals surface area (Å²) in [5, 5.41) is 0.608. The minimum absolute atomic E-state index is 0.0333. The molecule has 1 heterocycles. The van der Waals surface area contributed by atoms with Crippen molar-refractivity contribution in [2.45, 2.75) is 20.3 Å². The number of thiophene rings is 1. The fraction of sp³-hybridized carbons (Fsp3) is 0.312. The lowest BCUT2D eigenvalue weighted by atomic mass is 9.98. The zero-order chi connectivity index (χ0) is 14.9. The highest BCUT2D eigenvalue weighted by molar-refractivity contribution is 7.17. The van der Waals surface area contributed by atoms with Crippen LogP contribution in [0, 0.1) is 6.92 Å². The molecule has 20 heavy (non-hydrogen) atoms. The summed E-state index contributed by atoms with van der Waals surface area (Å²) in [7, 11) is 3.51. The number of anilines is 1. The van der Waals surface area contributed by atoms with E-state index in [9.17, 15) is 4.79 Å². The highest BCUT2D eigenvalue weighted by Crippen LogP contribution is 2.39. The van der Waals surface area contributed by atoms with Gasteiger partial charge in [-0.2, -0.15) is 0 Å². The lowest BCUT2D eigenvalue weighted by Crippen LogP contribution is -2.22. The quantitative estimate of drug-likeness (QED) is 0.938. The fourth-order valence-corrected chi connectivity index (χ4v) is 3.23. The summed E-state index contributed by atoms with van der Waals surface area (Å²) in [5.41, 5.74) is 9.99. The molecule has 0 aliphatic rings. The minimum Gasteiger partial charge on any atom is -0.390 e. The molecule has 3 nitrogen and oxygen atoms in total. The van der Waals surface area contributed by atoms with E-state index in [1.807, 2.05) is 0 Å². The van der Waals surface area contributed by atoms with Crippen molar-refractivity contribution in [2.75, 3.05) is 19.8 Å². The Balaban J connectivity index is 2.66. The van der Waals surface area contributed by atoms with Crippen LogP contribution in [-0.4, -0.2) is 24.9 Å². The average molecular weight is 288 g/mol. The second kappa shape index (κ2) is 5.67. The predicted octanol–water partition coefficient (Wildman–Crippen LogP) is 3.57. The smallest absolute Gasteiger partial charge is 0.256 e. The standard InChI is InChI=1S/C16H20N2OS/c1-5-12-13(11-8-6-10(2)7-9-11)14(15(17)20-12)16(19)18(3)4/h6-9H,5,17H2,1-4H3. The van der Waals surface area contributed by atoms with Crippen LogP contribution in [0.1, 0.15) is 27.7 Å². The molecule has 4 heteroatoms. The van der Waals surface area contributed by atoms with Gasteiger partial charge < -0.3 is 10.6 Å². The van der Waals surface area contributed by atoms with Crippen molar-refractivity contribution in [1.29, 1.82) is 0 Å². The van der Waals surface area contributed by atoms with Crippen LogP contribution in [0.25, 0.3) is 11.1 Å². The molecule has 1 amide bonds. The second-order valence-electron chi connectivity index (χ2n) is 5.06. The summed E-state index contributed by atoms with van der Waals surface area (Å²) in [6.07, 6.45) is 0.874. The van der Waals surface area contributed by atoms with Crippen molar-refractivity contribution >= 4 is 22.2 Å². The number of carbonyl (C=O) groups is 1. The number of carbonyl (C=O) groups excluding carboxylic acids is 1. The molecule has 0 unspecified atom stereocenters. The Bertz CT molecular complexity index is 627. The van der Waals surface area contributed by atoms with E-state index in [0.717, 1.165) is 22.4 Å². The summed E-state index contributed by atoms with van der Waals surface area (Å²) in [6, 6.07) is 8.24. The fourth-order valence-electron chi connectivity index (χ4n) is 2.21. The van der Waals surface area contributed by atoms with Gasteiger partial charge in [-0.3, -0.25) is 4.79 Å². The van der Waals surface area contributed by atoms with Gasteiger partial charge in [-0.1, -0.05) is 36.8 Å². The first-order valence-electron chi connectivity index (χ1n) is 6.65. The van der Waals surface area contributed by atoms with E-state index in [1.54, 1.807) is 19.0 Å². The third-order valence-electron chi connectivity index (χ3n) is 3.29. The Morgan fingerprint density at radius 1 is 1.25 bits per heavy atom. The topological polar surface area (TPSA) is 46.3 Å². The van der Waals surface area contributed by atoms with Gasteiger partial charge in [0.1, 0.15) is 0 Å². The monoisotopic (exact) mass is 288 g/mol. The highest BCUT2D eigenvalue weighted by atomic mass is 32.1. The van der Waals surface area contributed by atoms with Gasteiger partial charge in [-0.25, -0.2) is 0 Å². The van der Waals surface area contributed by atoms with E-state index in [4.69, 9.17) is 5.73 Å². The summed E-state index contributed by atoms with van der Waals surface area (Å²) in [4.78, 5) is 15.2. The van der Waals surface area contributed by atoms with Crippen LogP contribution in [0.3, 0.4) is 0 Å². The van der Waals surface area contributed by atoms with E-state index in [1.165, 1.54) is 16.9 Å². The van der Waals surface area contributed by atoms with Gasteiger partial charge in [0.25, 0.3) is 5.91 Å². The number of benzene rings is 1.